The Bertz CT molecular complexity index is 398. The molecule has 1 rings (SSSR count). The van der Waals surface area contributed by atoms with Gasteiger partial charge in [0.25, 0.3) is 0 Å². The molecular formula is C10H8F6O2. The third kappa shape index (κ3) is 2.87. The Morgan fingerprint density at radius 1 is 1.00 bits per heavy atom. The molecule has 0 spiro atoms. The zero-order valence-corrected chi connectivity index (χ0v) is 8.99. The number of methoxy groups -OCH3 is 1. The van der Waals surface area contributed by atoms with Crippen molar-refractivity contribution in [3.8, 4) is 5.75 Å². The number of hydrogen-bond donors (Lipinski definition) is 1. The predicted octanol–water partition coefficient (Wildman–Crippen LogP) is 3.23. The molecule has 1 aromatic rings. The summed E-state index contributed by atoms with van der Waals surface area (Å²) in [7, 11) is 0.902. The van der Waals surface area contributed by atoms with Gasteiger partial charge in [-0.15, -0.1) is 0 Å². The number of benzene rings is 1. The maximum absolute atomic E-state index is 12.5. The second kappa shape index (κ2) is 4.68. The summed E-state index contributed by atoms with van der Waals surface area (Å²) in [6.45, 7) is -1.04. The summed E-state index contributed by atoms with van der Waals surface area (Å²) >= 11 is 0. The van der Waals surface area contributed by atoms with Crippen LogP contribution in [0, 0.1) is 0 Å². The monoisotopic (exact) mass is 274 g/mol. The first-order valence-electron chi connectivity index (χ1n) is 4.57. The minimum absolute atomic E-state index is 0.0651. The Labute approximate surface area is 97.8 Å². The van der Waals surface area contributed by atoms with E-state index < -0.39 is 41.4 Å². The molecule has 18 heavy (non-hydrogen) atoms. The van der Waals surface area contributed by atoms with Crippen molar-refractivity contribution in [1.82, 2.24) is 0 Å². The molecule has 2 nitrogen and oxygen atoms in total. The highest BCUT2D eigenvalue weighted by molar-refractivity contribution is 5.45. The van der Waals surface area contributed by atoms with Gasteiger partial charge in [-0.05, 0) is 17.7 Å². The van der Waals surface area contributed by atoms with E-state index in [9.17, 15) is 26.3 Å². The van der Waals surface area contributed by atoms with Gasteiger partial charge in [-0.1, -0.05) is 0 Å². The van der Waals surface area contributed by atoms with Crippen molar-refractivity contribution >= 4 is 0 Å². The fraction of sp³-hybridized carbons (Fsp3) is 0.400. The molecule has 0 amide bonds. The van der Waals surface area contributed by atoms with Crippen LogP contribution in [0.2, 0.25) is 0 Å². The van der Waals surface area contributed by atoms with E-state index in [0.29, 0.717) is 6.07 Å². The van der Waals surface area contributed by atoms with Crippen LogP contribution in [0.15, 0.2) is 12.1 Å². The Balaban J connectivity index is 3.55. The van der Waals surface area contributed by atoms with Crippen LogP contribution in [0.5, 0.6) is 5.75 Å². The Hall–Kier alpha value is -1.44. The van der Waals surface area contributed by atoms with Gasteiger partial charge >= 0.3 is 12.4 Å². The van der Waals surface area contributed by atoms with Crippen molar-refractivity contribution in [2.24, 2.45) is 0 Å². The zero-order valence-electron chi connectivity index (χ0n) is 8.99. The molecule has 1 N–H and O–H groups in total. The second-order valence-electron chi connectivity index (χ2n) is 3.36. The highest BCUT2D eigenvalue weighted by Gasteiger charge is 2.40. The first-order chi connectivity index (χ1) is 8.11. The maximum Gasteiger partial charge on any atom is 0.419 e. The van der Waals surface area contributed by atoms with Gasteiger partial charge in [-0.3, -0.25) is 0 Å². The van der Waals surface area contributed by atoms with Gasteiger partial charge in [0.15, 0.2) is 0 Å². The van der Waals surface area contributed by atoms with E-state index in [0.717, 1.165) is 7.11 Å². The van der Waals surface area contributed by atoms with Crippen LogP contribution in [0.1, 0.15) is 16.7 Å². The molecule has 0 aromatic heterocycles. The van der Waals surface area contributed by atoms with Crippen LogP contribution >= 0.6 is 0 Å². The Kier molecular flexibility index (Phi) is 3.80. The van der Waals surface area contributed by atoms with Gasteiger partial charge in [0, 0.05) is 0 Å². The number of alkyl halides is 6. The van der Waals surface area contributed by atoms with Gasteiger partial charge in [0.1, 0.15) is 5.75 Å². The minimum atomic E-state index is -4.98. The molecule has 0 aliphatic rings. The molecule has 0 unspecified atom stereocenters. The number of halogens is 6. The third-order valence-electron chi connectivity index (χ3n) is 2.21. The normalized spacial score (nSPS) is 12.7. The fourth-order valence-corrected chi connectivity index (χ4v) is 1.41. The summed E-state index contributed by atoms with van der Waals surface area (Å²) in [5, 5.41) is 8.76. The second-order valence-corrected chi connectivity index (χ2v) is 3.36. The van der Waals surface area contributed by atoms with E-state index in [1.165, 1.54) is 0 Å². The van der Waals surface area contributed by atoms with E-state index in [1.54, 1.807) is 0 Å². The van der Waals surface area contributed by atoms with Crippen molar-refractivity contribution in [3.05, 3.63) is 28.8 Å². The SMILES string of the molecule is COc1cc(CO)c(C(F)(F)F)cc1C(F)(F)F. The van der Waals surface area contributed by atoms with Gasteiger partial charge in [0.05, 0.1) is 24.8 Å². The standard InChI is InChI=1S/C10H8F6O2/c1-18-8-2-5(4-17)6(9(11,12)13)3-7(8)10(14,15)16/h2-3,17H,4H2,1H3. The van der Waals surface area contributed by atoms with Crippen molar-refractivity contribution in [3.63, 3.8) is 0 Å². The first kappa shape index (κ1) is 14.6. The zero-order chi connectivity index (χ0) is 14.1. The lowest BCUT2D eigenvalue weighted by molar-refractivity contribution is -0.144. The topological polar surface area (TPSA) is 29.5 Å². The fourth-order valence-electron chi connectivity index (χ4n) is 1.41. The lowest BCUT2D eigenvalue weighted by atomic mass is 10.0. The highest BCUT2D eigenvalue weighted by atomic mass is 19.4. The minimum Gasteiger partial charge on any atom is -0.496 e. The summed E-state index contributed by atoms with van der Waals surface area (Å²) < 4.78 is 79.5. The van der Waals surface area contributed by atoms with Gasteiger partial charge in [-0.2, -0.15) is 26.3 Å². The predicted molar refractivity (Wildman–Crippen MR) is 48.9 cm³/mol. The van der Waals surface area contributed by atoms with Crippen LogP contribution in [-0.4, -0.2) is 12.2 Å². The van der Waals surface area contributed by atoms with Crippen LogP contribution < -0.4 is 4.74 Å². The molecule has 0 bridgehead atoms. The van der Waals surface area contributed by atoms with Crippen LogP contribution in [0.25, 0.3) is 0 Å². The largest absolute Gasteiger partial charge is 0.496 e. The van der Waals surface area contributed by atoms with Crippen molar-refractivity contribution in [2.45, 2.75) is 19.0 Å². The molecule has 0 radical (unpaired) electrons. The van der Waals surface area contributed by atoms with E-state index in [-0.39, 0.29) is 6.07 Å². The molecule has 0 atom stereocenters. The molecule has 0 saturated carbocycles. The lowest BCUT2D eigenvalue weighted by Crippen LogP contribution is -2.15. The Morgan fingerprint density at radius 3 is 1.83 bits per heavy atom. The number of aliphatic hydroxyl groups excluding tert-OH is 1. The molecule has 0 aliphatic heterocycles. The molecular weight excluding hydrogens is 266 g/mol. The average Bonchev–Trinajstić information content (AvgIpc) is 2.24. The quantitative estimate of drug-likeness (QED) is 0.839. The summed E-state index contributed by atoms with van der Waals surface area (Å²) in [4.78, 5) is 0. The van der Waals surface area contributed by atoms with E-state index in [2.05, 4.69) is 4.74 Å². The lowest BCUT2D eigenvalue weighted by Gasteiger charge is -2.17. The van der Waals surface area contributed by atoms with E-state index in [4.69, 9.17) is 5.11 Å². The molecule has 1 aromatic carbocycles. The van der Waals surface area contributed by atoms with Gasteiger partial charge < -0.3 is 9.84 Å². The first-order valence-corrected chi connectivity index (χ1v) is 4.57. The summed E-state index contributed by atoms with van der Waals surface area (Å²) in [6.07, 6.45) is -9.95. The number of aliphatic hydroxyl groups is 1. The molecule has 8 heteroatoms. The number of hydrogen-bond acceptors (Lipinski definition) is 2. The van der Waals surface area contributed by atoms with E-state index in [1.807, 2.05) is 0 Å². The van der Waals surface area contributed by atoms with Crippen molar-refractivity contribution < 1.29 is 36.2 Å². The average molecular weight is 274 g/mol. The third-order valence-corrected chi connectivity index (χ3v) is 2.21. The van der Waals surface area contributed by atoms with Crippen LogP contribution in [-0.2, 0) is 19.0 Å². The Morgan fingerprint density at radius 2 is 1.50 bits per heavy atom. The summed E-state index contributed by atoms with van der Waals surface area (Å²) in [6, 6.07) is 0.468. The number of rotatable bonds is 2. The van der Waals surface area contributed by atoms with Crippen LogP contribution in [0.3, 0.4) is 0 Å². The van der Waals surface area contributed by atoms with Gasteiger partial charge in [0.2, 0.25) is 0 Å². The number of ether oxygens (including phenoxy) is 1. The molecule has 0 saturated heterocycles. The molecule has 102 valence electrons. The van der Waals surface area contributed by atoms with Gasteiger partial charge in [-0.25, -0.2) is 0 Å². The molecule has 0 fully saturated rings. The van der Waals surface area contributed by atoms with Crippen LogP contribution in [0.4, 0.5) is 26.3 Å². The highest BCUT2D eigenvalue weighted by Crippen LogP contribution is 2.42. The summed E-state index contributed by atoms with van der Waals surface area (Å²) in [5.41, 5.74) is -3.74. The van der Waals surface area contributed by atoms with Crippen molar-refractivity contribution in [1.29, 1.82) is 0 Å². The van der Waals surface area contributed by atoms with E-state index >= 15 is 0 Å². The molecule has 0 aliphatic carbocycles. The maximum atomic E-state index is 12.5. The smallest absolute Gasteiger partial charge is 0.419 e. The molecule has 0 heterocycles. The summed E-state index contributed by atoms with van der Waals surface area (Å²) in [5.74, 6) is -0.764. The van der Waals surface area contributed by atoms with Crippen molar-refractivity contribution in [2.75, 3.05) is 7.11 Å².